The highest BCUT2D eigenvalue weighted by Gasteiger charge is 2.09. The van der Waals surface area contributed by atoms with E-state index in [1.807, 2.05) is 32.9 Å². The van der Waals surface area contributed by atoms with Crippen LogP contribution in [-0.2, 0) is 16.1 Å². The number of aryl methyl sites for hydroxylation is 2. The molecule has 2 amide bonds. The fourth-order valence-corrected chi connectivity index (χ4v) is 2.52. The Kier molecular flexibility index (Phi) is 6.95. The van der Waals surface area contributed by atoms with Crippen LogP contribution >= 0.6 is 0 Å². The summed E-state index contributed by atoms with van der Waals surface area (Å²) in [7, 11) is 0. The molecular weight excluding hydrogens is 342 g/mol. The molecule has 140 valence electrons. The van der Waals surface area contributed by atoms with Gasteiger partial charge in [-0.05, 0) is 55.2 Å². The third-order valence-corrected chi connectivity index (χ3v) is 4.19. The molecule has 0 aromatic heterocycles. The number of hydrogen-bond donors (Lipinski definition) is 2. The van der Waals surface area contributed by atoms with E-state index in [0.29, 0.717) is 12.2 Å². The molecule has 2 aromatic rings. The molecule has 0 saturated carbocycles. The van der Waals surface area contributed by atoms with E-state index < -0.39 is 0 Å². The van der Waals surface area contributed by atoms with Crippen molar-refractivity contribution in [1.82, 2.24) is 5.32 Å². The summed E-state index contributed by atoms with van der Waals surface area (Å²) in [5.74, 6) is 0.196. The molecule has 2 N–H and O–H groups in total. The Hall–Kier alpha value is -3.33. The van der Waals surface area contributed by atoms with Crippen LogP contribution in [0.2, 0.25) is 0 Å². The first-order valence-corrected chi connectivity index (χ1v) is 8.62. The molecule has 0 unspecified atom stereocenters. The SMILES string of the molecule is Cc1ccc(C)c(OCC(=O)NCc2ccc(NC(=O)CC#N)cc2)c1C. The summed E-state index contributed by atoms with van der Waals surface area (Å²) in [5, 5.41) is 13.9. The maximum atomic E-state index is 12.1. The van der Waals surface area contributed by atoms with Gasteiger partial charge in [0.15, 0.2) is 6.61 Å². The Balaban J connectivity index is 1.83. The Labute approximate surface area is 159 Å². The molecule has 0 radical (unpaired) electrons. The lowest BCUT2D eigenvalue weighted by Crippen LogP contribution is -2.28. The number of amides is 2. The summed E-state index contributed by atoms with van der Waals surface area (Å²) < 4.78 is 5.70. The first-order chi connectivity index (χ1) is 12.9. The largest absolute Gasteiger partial charge is 0.483 e. The van der Waals surface area contributed by atoms with Crippen LogP contribution in [0, 0.1) is 32.1 Å². The molecule has 0 aliphatic rings. The monoisotopic (exact) mass is 365 g/mol. The Morgan fingerprint density at radius 2 is 1.67 bits per heavy atom. The van der Waals surface area contributed by atoms with Crippen molar-refractivity contribution in [3.05, 3.63) is 58.7 Å². The van der Waals surface area contributed by atoms with Crippen LogP contribution in [0.25, 0.3) is 0 Å². The van der Waals surface area contributed by atoms with Crippen LogP contribution in [0.1, 0.15) is 28.7 Å². The van der Waals surface area contributed by atoms with Gasteiger partial charge in [-0.2, -0.15) is 5.26 Å². The molecule has 0 saturated heterocycles. The molecule has 0 bridgehead atoms. The summed E-state index contributed by atoms with van der Waals surface area (Å²) in [6, 6.07) is 12.9. The van der Waals surface area contributed by atoms with Gasteiger partial charge in [-0.15, -0.1) is 0 Å². The average molecular weight is 365 g/mol. The lowest BCUT2D eigenvalue weighted by Gasteiger charge is -2.14. The fraction of sp³-hybridized carbons (Fsp3) is 0.286. The molecule has 0 atom stereocenters. The second kappa shape index (κ2) is 9.39. The predicted molar refractivity (Wildman–Crippen MR) is 103 cm³/mol. The van der Waals surface area contributed by atoms with E-state index in [9.17, 15) is 9.59 Å². The number of nitrogens with one attached hydrogen (secondary N) is 2. The minimum absolute atomic E-state index is 0.0482. The summed E-state index contributed by atoms with van der Waals surface area (Å²) >= 11 is 0. The fourth-order valence-electron chi connectivity index (χ4n) is 2.52. The second-order valence-electron chi connectivity index (χ2n) is 6.30. The summed E-state index contributed by atoms with van der Waals surface area (Å²) in [6.45, 7) is 6.26. The Morgan fingerprint density at radius 1 is 1.00 bits per heavy atom. The number of hydrogen-bond acceptors (Lipinski definition) is 4. The zero-order chi connectivity index (χ0) is 19.8. The number of nitrogens with zero attached hydrogens (tertiary/aromatic N) is 1. The van der Waals surface area contributed by atoms with Gasteiger partial charge < -0.3 is 15.4 Å². The van der Waals surface area contributed by atoms with Crippen LogP contribution in [0.5, 0.6) is 5.75 Å². The van der Waals surface area contributed by atoms with Crippen molar-refractivity contribution in [1.29, 1.82) is 5.26 Å². The molecule has 2 rings (SSSR count). The first kappa shape index (κ1) is 20.0. The van der Waals surface area contributed by atoms with Gasteiger partial charge in [0.05, 0.1) is 6.07 Å². The summed E-state index contributed by atoms with van der Waals surface area (Å²) in [4.78, 5) is 23.4. The lowest BCUT2D eigenvalue weighted by atomic mass is 10.1. The molecule has 0 fully saturated rings. The molecule has 6 nitrogen and oxygen atoms in total. The third kappa shape index (κ3) is 5.86. The first-order valence-electron chi connectivity index (χ1n) is 8.62. The Bertz CT molecular complexity index is 867. The number of nitriles is 1. The van der Waals surface area contributed by atoms with Crippen molar-refractivity contribution < 1.29 is 14.3 Å². The molecule has 6 heteroatoms. The minimum atomic E-state index is -0.350. The molecule has 0 heterocycles. The number of carbonyl (C=O) groups is 2. The highest BCUT2D eigenvalue weighted by Crippen LogP contribution is 2.25. The van der Waals surface area contributed by atoms with Crippen LogP contribution in [-0.4, -0.2) is 18.4 Å². The van der Waals surface area contributed by atoms with Crippen molar-refractivity contribution in [3.63, 3.8) is 0 Å². The van der Waals surface area contributed by atoms with E-state index in [1.54, 1.807) is 30.3 Å². The normalized spacial score (nSPS) is 10.0. The molecular formula is C21H23N3O3. The zero-order valence-electron chi connectivity index (χ0n) is 15.8. The molecule has 27 heavy (non-hydrogen) atoms. The third-order valence-electron chi connectivity index (χ3n) is 4.19. The number of rotatable bonds is 7. The van der Waals surface area contributed by atoms with Crippen LogP contribution in [0.4, 0.5) is 5.69 Å². The average Bonchev–Trinajstić information content (AvgIpc) is 2.64. The number of anilines is 1. The van der Waals surface area contributed by atoms with Crippen molar-refractivity contribution in [3.8, 4) is 11.8 Å². The van der Waals surface area contributed by atoms with E-state index in [4.69, 9.17) is 10.00 Å². The zero-order valence-corrected chi connectivity index (χ0v) is 15.8. The van der Waals surface area contributed by atoms with Crippen LogP contribution < -0.4 is 15.4 Å². The number of carbonyl (C=O) groups excluding carboxylic acids is 2. The topological polar surface area (TPSA) is 91.2 Å². The van der Waals surface area contributed by atoms with Gasteiger partial charge in [0.2, 0.25) is 5.91 Å². The van der Waals surface area contributed by atoms with Crippen molar-refractivity contribution >= 4 is 17.5 Å². The molecule has 0 aliphatic carbocycles. The van der Waals surface area contributed by atoms with Crippen molar-refractivity contribution in [2.75, 3.05) is 11.9 Å². The maximum absolute atomic E-state index is 12.1. The minimum Gasteiger partial charge on any atom is -0.483 e. The number of ether oxygens (including phenoxy) is 1. The highest BCUT2D eigenvalue weighted by molar-refractivity contribution is 5.92. The molecule has 2 aromatic carbocycles. The molecule has 0 aliphatic heterocycles. The summed E-state index contributed by atoms with van der Waals surface area (Å²) in [5.41, 5.74) is 4.67. The van der Waals surface area contributed by atoms with E-state index in [-0.39, 0.29) is 24.8 Å². The van der Waals surface area contributed by atoms with E-state index in [1.165, 1.54) is 0 Å². The van der Waals surface area contributed by atoms with Crippen molar-refractivity contribution in [2.24, 2.45) is 0 Å². The summed E-state index contributed by atoms with van der Waals surface area (Å²) in [6.07, 6.45) is -0.183. The number of benzene rings is 2. The second-order valence-corrected chi connectivity index (χ2v) is 6.30. The predicted octanol–water partition coefficient (Wildman–Crippen LogP) is 3.16. The van der Waals surface area contributed by atoms with E-state index >= 15 is 0 Å². The van der Waals surface area contributed by atoms with Gasteiger partial charge >= 0.3 is 0 Å². The van der Waals surface area contributed by atoms with Crippen LogP contribution in [0.15, 0.2) is 36.4 Å². The lowest BCUT2D eigenvalue weighted by molar-refractivity contribution is -0.123. The van der Waals surface area contributed by atoms with Gasteiger partial charge in [0.25, 0.3) is 5.91 Å². The van der Waals surface area contributed by atoms with Crippen molar-refractivity contribution in [2.45, 2.75) is 33.7 Å². The van der Waals surface area contributed by atoms with Gasteiger partial charge in [0, 0.05) is 12.2 Å². The van der Waals surface area contributed by atoms with E-state index in [0.717, 1.165) is 28.0 Å². The Morgan fingerprint density at radius 3 is 2.33 bits per heavy atom. The molecule has 0 spiro atoms. The van der Waals surface area contributed by atoms with Gasteiger partial charge in [-0.1, -0.05) is 24.3 Å². The van der Waals surface area contributed by atoms with E-state index in [2.05, 4.69) is 10.6 Å². The van der Waals surface area contributed by atoms with Gasteiger partial charge in [-0.25, -0.2) is 0 Å². The quantitative estimate of drug-likeness (QED) is 0.788. The standard InChI is InChI=1S/C21H23N3O3/c1-14-4-5-15(2)21(16(14)3)27-13-20(26)23-12-17-6-8-18(9-7-17)24-19(25)10-11-22/h4-9H,10,12-13H2,1-3H3,(H,23,26)(H,24,25). The van der Waals surface area contributed by atoms with Gasteiger partial charge in [-0.3, -0.25) is 9.59 Å². The van der Waals surface area contributed by atoms with Gasteiger partial charge in [0.1, 0.15) is 12.2 Å². The smallest absolute Gasteiger partial charge is 0.258 e. The van der Waals surface area contributed by atoms with Crippen LogP contribution in [0.3, 0.4) is 0 Å². The maximum Gasteiger partial charge on any atom is 0.258 e. The highest BCUT2D eigenvalue weighted by atomic mass is 16.5.